The van der Waals surface area contributed by atoms with Gasteiger partial charge in [0.05, 0.1) is 6.20 Å². The van der Waals surface area contributed by atoms with Gasteiger partial charge in [0.15, 0.2) is 0 Å². The molecule has 0 unspecified atom stereocenters. The molecule has 0 saturated heterocycles. The molecule has 1 heterocycles. The fourth-order valence-corrected chi connectivity index (χ4v) is 2.67. The molecule has 0 aliphatic heterocycles. The highest BCUT2D eigenvalue weighted by Gasteiger charge is 2.03. The first kappa shape index (κ1) is 12.0. The van der Waals surface area contributed by atoms with Crippen molar-refractivity contribution in [3.8, 4) is 11.1 Å². The fraction of sp³-hybridized carbons (Fsp3) is 0.0667. The molecule has 4 heteroatoms. The van der Waals surface area contributed by atoms with Gasteiger partial charge in [0.1, 0.15) is 5.03 Å². The largest absolute Gasteiger partial charge is 0.197 e. The van der Waals surface area contributed by atoms with Crippen LogP contribution in [0, 0.1) is 6.92 Å². The van der Waals surface area contributed by atoms with Crippen molar-refractivity contribution in [2.24, 2.45) is 0 Å². The van der Waals surface area contributed by atoms with Crippen LogP contribution < -0.4 is 0 Å². The number of aromatic nitrogens is 3. The number of H-pyrrole nitrogens is 1. The van der Waals surface area contributed by atoms with Crippen LogP contribution in [0.1, 0.15) is 5.56 Å². The molecule has 94 valence electrons. The summed E-state index contributed by atoms with van der Waals surface area (Å²) < 4.78 is 0. The molecule has 3 aromatic rings. The predicted octanol–water partition coefficient (Wildman–Crippen LogP) is 3.93. The number of benzene rings is 2. The van der Waals surface area contributed by atoms with Gasteiger partial charge in [0, 0.05) is 4.90 Å². The van der Waals surface area contributed by atoms with Crippen LogP contribution in [0.2, 0.25) is 0 Å². The minimum atomic E-state index is 0.878. The van der Waals surface area contributed by atoms with Gasteiger partial charge in [-0.2, -0.15) is 10.3 Å². The molecule has 2 aromatic carbocycles. The number of nitrogens with zero attached hydrogens (tertiary/aromatic N) is 2. The van der Waals surface area contributed by atoms with Gasteiger partial charge >= 0.3 is 0 Å². The minimum Gasteiger partial charge on any atom is -0.197 e. The second kappa shape index (κ2) is 5.28. The Morgan fingerprint density at radius 3 is 2.47 bits per heavy atom. The van der Waals surface area contributed by atoms with E-state index in [1.54, 1.807) is 18.0 Å². The summed E-state index contributed by atoms with van der Waals surface area (Å²) in [5.74, 6) is 0. The number of hydrogen-bond donors (Lipinski definition) is 1. The summed E-state index contributed by atoms with van der Waals surface area (Å²) >= 11 is 1.60. The average Bonchev–Trinajstić information content (AvgIpc) is 2.93. The Hall–Kier alpha value is -2.07. The fourth-order valence-electron chi connectivity index (χ4n) is 1.96. The lowest BCUT2D eigenvalue weighted by molar-refractivity contribution is 0.911. The number of nitrogens with one attached hydrogen (secondary N) is 1. The van der Waals surface area contributed by atoms with E-state index in [1.165, 1.54) is 16.7 Å². The van der Waals surface area contributed by atoms with Crippen LogP contribution in [0.5, 0.6) is 0 Å². The molecule has 0 spiro atoms. The smallest absolute Gasteiger partial charge is 0.143 e. The first-order chi connectivity index (χ1) is 9.33. The number of aryl methyl sites for hydroxylation is 1. The average molecular weight is 267 g/mol. The Bertz CT molecular complexity index is 660. The summed E-state index contributed by atoms with van der Waals surface area (Å²) in [5, 5.41) is 11.3. The van der Waals surface area contributed by atoms with Crippen LogP contribution in [0.3, 0.4) is 0 Å². The van der Waals surface area contributed by atoms with Gasteiger partial charge in [-0.15, -0.1) is 5.10 Å². The molecule has 3 rings (SSSR count). The molecule has 0 saturated carbocycles. The number of aromatic amines is 1. The highest BCUT2D eigenvalue weighted by atomic mass is 32.2. The van der Waals surface area contributed by atoms with E-state index < -0.39 is 0 Å². The Morgan fingerprint density at radius 1 is 1.00 bits per heavy atom. The van der Waals surface area contributed by atoms with E-state index in [0.717, 1.165) is 9.92 Å². The van der Waals surface area contributed by atoms with Gasteiger partial charge in [-0.3, -0.25) is 0 Å². The van der Waals surface area contributed by atoms with Crippen molar-refractivity contribution in [1.82, 2.24) is 15.4 Å². The quantitative estimate of drug-likeness (QED) is 0.781. The lowest BCUT2D eigenvalue weighted by atomic mass is 10.0. The van der Waals surface area contributed by atoms with Gasteiger partial charge in [0.2, 0.25) is 0 Å². The molecule has 0 radical (unpaired) electrons. The van der Waals surface area contributed by atoms with E-state index >= 15 is 0 Å². The van der Waals surface area contributed by atoms with Crippen molar-refractivity contribution >= 4 is 11.8 Å². The zero-order valence-corrected chi connectivity index (χ0v) is 11.3. The minimum absolute atomic E-state index is 0.878. The first-order valence-electron chi connectivity index (χ1n) is 6.02. The summed E-state index contributed by atoms with van der Waals surface area (Å²) in [6.45, 7) is 2.13. The second-order valence-corrected chi connectivity index (χ2v) is 5.34. The molecule has 3 nitrogen and oxygen atoms in total. The van der Waals surface area contributed by atoms with Crippen LogP contribution in [-0.4, -0.2) is 15.4 Å². The van der Waals surface area contributed by atoms with Crippen LogP contribution in [-0.2, 0) is 0 Å². The highest BCUT2D eigenvalue weighted by molar-refractivity contribution is 7.99. The maximum absolute atomic E-state index is 4.03. The Labute approximate surface area is 116 Å². The maximum atomic E-state index is 4.03. The maximum Gasteiger partial charge on any atom is 0.143 e. The molecular weight excluding hydrogens is 254 g/mol. The molecule has 0 amide bonds. The summed E-state index contributed by atoms with van der Waals surface area (Å²) in [7, 11) is 0. The van der Waals surface area contributed by atoms with Gasteiger partial charge in [-0.1, -0.05) is 48.2 Å². The third-order valence-corrected chi connectivity index (χ3v) is 3.84. The Balaban J connectivity index is 1.85. The summed E-state index contributed by atoms with van der Waals surface area (Å²) in [4.78, 5) is 1.16. The number of hydrogen-bond acceptors (Lipinski definition) is 3. The molecule has 0 fully saturated rings. The zero-order valence-electron chi connectivity index (χ0n) is 10.5. The van der Waals surface area contributed by atoms with E-state index in [2.05, 4.69) is 70.9 Å². The summed E-state index contributed by atoms with van der Waals surface area (Å²) in [6, 6.07) is 16.9. The standard InChI is InChI=1S/C15H13N3S/c1-11-4-2-3-5-14(11)12-6-8-13(9-7-12)19-15-10-16-18-17-15/h2-10H,1H3,(H,16,17,18). The Kier molecular flexibility index (Phi) is 3.33. The van der Waals surface area contributed by atoms with Crippen LogP contribution in [0.15, 0.2) is 64.6 Å². The van der Waals surface area contributed by atoms with E-state index in [1.807, 2.05) is 0 Å². The Morgan fingerprint density at radius 2 is 1.79 bits per heavy atom. The SMILES string of the molecule is Cc1ccccc1-c1ccc(Sc2cn[nH]n2)cc1. The number of rotatable bonds is 3. The van der Waals surface area contributed by atoms with Crippen molar-refractivity contribution in [1.29, 1.82) is 0 Å². The van der Waals surface area contributed by atoms with E-state index in [0.29, 0.717) is 0 Å². The van der Waals surface area contributed by atoms with Crippen molar-refractivity contribution < 1.29 is 0 Å². The lowest BCUT2D eigenvalue weighted by Crippen LogP contribution is -1.82. The summed E-state index contributed by atoms with van der Waals surface area (Å²) in [6.07, 6.45) is 1.72. The topological polar surface area (TPSA) is 41.6 Å². The van der Waals surface area contributed by atoms with Gasteiger partial charge in [-0.05, 0) is 35.7 Å². The normalized spacial score (nSPS) is 10.6. The van der Waals surface area contributed by atoms with Gasteiger partial charge in [0.25, 0.3) is 0 Å². The molecule has 0 aliphatic carbocycles. The van der Waals surface area contributed by atoms with Crippen LogP contribution >= 0.6 is 11.8 Å². The molecule has 0 bridgehead atoms. The molecule has 19 heavy (non-hydrogen) atoms. The van der Waals surface area contributed by atoms with Crippen molar-refractivity contribution in [2.75, 3.05) is 0 Å². The van der Waals surface area contributed by atoms with E-state index in [9.17, 15) is 0 Å². The third-order valence-electron chi connectivity index (χ3n) is 2.93. The van der Waals surface area contributed by atoms with Gasteiger partial charge < -0.3 is 0 Å². The molecule has 1 N–H and O–H groups in total. The molecule has 1 aromatic heterocycles. The highest BCUT2D eigenvalue weighted by Crippen LogP contribution is 2.29. The van der Waals surface area contributed by atoms with E-state index in [4.69, 9.17) is 0 Å². The van der Waals surface area contributed by atoms with E-state index in [-0.39, 0.29) is 0 Å². The van der Waals surface area contributed by atoms with Crippen molar-refractivity contribution in [3.05, 3.63) is 60.3 Å². The second-order valence-electron chi connectivity index (χ2n) is 4.25. The lowest BCUT2D eigenvalue weighted by Gasteiger charge is -2.06. The first-order valence-corrected chi connectivity index (χ1v) is 6.84. The monoisotopic (exact) mass is 267 g/mol. The molecule has 0 atom stereocenters. The van der Waals surface area contributed by atoms with Crippen molar-refractivity contribution in [3.63, 3.8) is 0 Å². The molecular formula is C15H13N3S. The molecule has 0 aliphatic rings. The predicted molar refractivity (Wildman–Crippen MR) is 77.1 cm³/mol. The van der Waals surface area contributed by atoms with Gasteiger partial charge in [-0.25, -0.2) is 0 Å². The zero-order chi connectivity index (χ0) is 13.1. The third kappa shape index (κ3) is 2.69. The van der Waals surface area contributed by atoms with Crippen LogP contribution in [0.25, 0.3) is 11.1 Å². The summed E-state index contributed by atoms with van der Waals surface area (Å²) in [5.41, 5.74) is 3.81. The van der Waals surface area contributed by atoms with Crippen molar-refractivity contribution in [2.45, 2.75) is 16.8 Å². The van der Waals surface area contributed by atoms with Crippen LogP contribution in [0.4, 0.5) is 0 Å².